The molecule has 4 heterocycles. The zero-order valence-electron chi connectivity index (χ0n) is 36.3. The van der Waals surface area contributed by atoms with E-state index >= 15 is 0 Å². The summed E-state index contributed by atoms with van der Waals surface area (Å²) in [5, 5.41) is 13.6. The van der Waals surface area contributed by atoms with Gasteiger partial charge < -0.3 is 9.47 Å². The summed E-state index contributed by atoms with van der Waals surface area (Å²) in [6.45, 7) is 10.0. The van der Waals surface area contributed by atoms with Crippen LogP contribution in [0.5, 0.6) is 23.3 Å². The first kappa shape index (κ1) is 44.1. The predicted octanol–water partition coefficient (Wildman–Crippen LogP) is 13.2. The van der Waals surface area contributed by atoms with Crippen LogP contribution in [-0.4, -0.2) is 41.9 Å². The fraction of sp³-hybridized carbons (Fsp3) is 0.333. The van der Waals surface area contributed by atoms with Gasteiger partial charge in [-0.25, -0.2) is 9.97 Å². The number of allylic oxidation sites excluding steroid dienone is 3. The van der Waals surface area contributed by atoms with Gasteiger partial charge in [0.05, 0.1) is 23.5 Å². The van der Waals surface area contributed by atoms with E-state index in [4.69, 9.17) is 9.47 Å². The first-order chi connectivity index (χ1) is 30.0. The Morgan fingerprint density at radius 3 is 1.50 bits per heavy atom. The van der Waals surface area contributed by atoms with Crippen molar-refractivity contribution in [2.24, 2.45) is 11.8 Å². The lowest BCUT2D eigenvalue weighted by atomic mass is 9.80. The molecule has 0 bridgehead atoms. The van der Waals surface area contributed by atoms with Crippen LogP contribution >= 0.6 is 15.9 Å². The molecule has 2 aromatic carbocycles. The number of aryl methyl sites for hydroxylation is 4. The van der Waals surface area contributed by atoms with Gasteiger partial charge >= 0.3 is 0 Å². The number of hydrogen-bond acceptors (Lipinski definition) is 8. The Morgan fingerprint density at radius 2 is 1.06 bits per heavy atom. The number of nitrogens with zero attached hydrogens (tertiary/aromatic N) is 4. The number of aromatic nitrogens is 6. The summed E-state index contributed by atoms with van der Waals surface area (Å²) >= 11 is 3.82. The molecule has 0 spiro atoms. The summed E-state index contributed by atoms with van der Waals surface area (Å²) in [7, 11) is 0. The number of aromatic amines is 2. The number of Topliss-reactive ketones (excluding diaryl/α,β-unsaturated/α-hetero) is 2. The highest BCUT2D eigenvalue weighted by Gasteiger charge is 2.25. The van der Waals surface area contributed by atoms with E-state index in [1.54, 1.807) is 18.6 Å². The molecule has 10 nitrogen and oxygen atoms in total. The molecular weight excluding hydrogens is 841 g/mol. The van der Waals surface area contributed by atoms with Crippen LogP contribution in [0.15, 0.2) is 109 Å². The maximum Gasteiger partial charge on any atom is 0.219 e. The average Bonchev–Trinajstić information content (AvgIpc) is 3.93. The molecule has 2 aliphatic rings. The van der Waals surface area contributed by atoms with Crippen molar-refractivity contribution >= 4 is 37.6 Å². The van der Waals surface area contributed by atoms with Crippen molar-refractivity contribution in [3.63, 3.8) is 0 Å². The molecule has 0 saturated heterocycles. The molecule has 0 aliphatic heterocycles. The summed E-state index contributed by atoms with van der Waals surface area (Å²) in [5.74, 6) is 4.02. The van der Waals surface area contributed by atoms with Gasteiger partial charge in [0.15, 0.2) is 11.6 Å². The summed E-state index contributed by atoms with van der Waals surface area (Å²) in [6, 6.07) is 24.0. The van der Waals surface area contributed by atoms with Gasteiger partial charge in [-0.3, -0.25) is 19.8 Å². The van der Waals surface area contributed by atoms with Crippen molar-refractivity contribution in [1.82, 2.24) is 30.4 Å². The number of ether oxygens (including phenoxy) is 2. The molecule has 62 heavy (non-hydrogen) atoms. The van der Waals surface area contributed by atoms with Gasteiger partial charge in [-0.1, -0.05) is 63.5 Å². The van der Waals surface area contributed by atoms with Crippen molar-refractivity contribution in [3.05, 3.63) is 153 Å². The largest absolute Gasteiger partial charge is 0.439 e. The number of rotatable bonds is 12. The highest BCUT2D eigenvalue weighted by molar-refractivity contribution is 9.15. The SMILES string of the molecule is CC(=C1CCC(CC(=O)c2cn[nH]c2C)CC1)c1cccc(Oc2ccc(C)cn2)c1.Cc1ccc(Oc2cccc(C(Br)=C3CCC(CC(=O)c4cn[nH]c4C)CC3)c2)nc1. The molecule has 6 aromatic rings. The lowest BCUT2D eigenvalue weighted by Crippen LogP contribution is -2.14. The van der Waals surface area contributed by atoms with Crippen LogP contribution in [0.2, 0.25) is 0 Å². The van der Waals surface area contributed by atoms with E-state index in [2.05, 4.69) is 71.4 Å². The maximum absolute atomic E-state index is 12.5. The zero-order valence-corrected chi connectivity index (χ0v) is 37.8. The van der Waals surface area contributed by atoms with Crippen LogP contribution in [0.3, 0.4) is 0 Å². The summed E-state index contributed by atoms with van der Waals surface area (Å²) in [4.78, 5) is 33.7. The number of nitrogens with one attached hydrogen (secondary N) is 2. The van der Waals surface area contributed by atoms with Crippen molar-refractivity contribution in [2.75, 3.05) is 0 Å². The Labute approximate surface area is 372 Å². The van der Waals surface area contributed by atoms with E-state index in [9.17, 15) is 9.59 Å². The molecule has 0 amide bonds. The fourth-order valence-corrected chi connectivity index (χ4v) is 8.87. The van der Waals surface area contributed by atoms with E-state index in [1.807, 2.05) is 88.5 Å². The average molecular weight is 896 g/mol. The van der Waals surface area contributed by atoms with Crippen molar-refractivity contribution in [3.8, 4) is 23.3 Å². The lowest BCUT2D eigenvalue weighted by Gasteiger charge is -2.25. The van der Waals surface area contributed by atoms with Gasteiger partial charge in [-0.15, -0.1) is 0 Å². The molecule has 2 aliphatic carbocycles. The Balaban J connectivity index is 0.000000186. The van der Waals surface area contributed by atoms with Gasteiger partial charge in [-0.05, 0) is 150 Å². The van der Waals surface area contributed by atoms with E-state index < -0.39 is 0 Å². The fourth-order valence-electron chi connectivity index (χ4n) is 8.23. The Bertz CT molecular complexity index is 2360. The van der Waals surface area contributed by atoms with E-state index in [-0.39, 0.29) is 11.6 Å². The number of pyridine rings is 2. The predicted molar refractivity (Wildman–Crippen MR) is 248 cm³/mol. The number of ketones is 2. The van der Waals surface area contributed by atoms with Gasteiger partial charge in [0, 0.05) is 53.2 Å². The highest BCUT2D eigenvalue weighted by atomic mass is 79.9. The molecule has 2 saturated carbocycles. The summed E-state index contributed by atoms with van der Waals surface area (Å²) < 4.78 is 13.0. The molecule has 11 heteroatoms. The van der Waals surface area contributed by atoms with Crippen LogP contribution in [-0.2, 0) is 0 Å². The van der Waals surface area contributed by atoms with Crippen molar-refractivity contribution in [2.45, 2.75) is 98.8 Å². The minimum absolute atomic E-state index is 0.192. The molecule has 0 radical (unpaired) electrons. The molecular formula is C51H55BrN6O4. The first-order valence-corrected chi connectivity index (χ1v) is 22.3. The maximum atomic E-state index is 12.5. The highest BCUT2D eigenvalue weighted by Crippen LogP contribution is 2.40. The number of H-pyrrole nitrogens is 2. The number of hydrogen-bond donors (Lipinski definition) is 2. The van der Waals surface area contributed by atoms with Gasteiger partial charge in [0.2, 0.25) is 11.8 Å². The Morgan fingerprint density at radius 1 is 0.613 bits per heavy atom. The molecule has 4 aromatic heterocycles. The summed E-state index contributed by atoms with van der Waals surface area (Å²) in [6.07, 6.45) is 16.3. The Hall–Kier alpha value is -5.94. The molecule has 0 atom stereocenters. The van der Waals surface area contributed by atoms with E-state index in [0.717, 1.165) is 107 Å². The monoisotopic (exact) mass is 894 g/mol. The smallest absolute Gasteiger partial charge is 0.219 e. The van der Waals surface area contributed by atoms with Gasteiger partial charge in [-0.2, -0.15) is 10.2 Å². The molecule has 2 N–H and O–H groups in total. The van der Waals surface area contributed by atoms with Crippen LogP contribution in [0.1, 0.15) is 125 Å². The third-order valence-electron chi connectivity index (χ3n) is 12.0. The normalized spacial score (nSPS) is 16.2. The van der Waals surface area contributed by atoms with Crippen molar-refractivity contribution < 1.29 is 19.1 Å². The lowest BCUT2D eigenvalue weighted by molar-refractivity contribution is 0.0945. The number of benzene rings is 2. The third-order valence-corrected chi connectivity index (χ3v) is 13.1. The molecule has 8 rings (SSSR count). The second-order valence-electron chi connectivity index (χ2n) is 16.7. The second-order valence-corrected chi connectivity index (χ2v) is 17.5. The minimum Gasteiger partial charge on any atom is -0.439 e. The molecule has 2 fully saturated rings. The molecule has 320 valence electrons. The standard InChI is InChI=1S/C26H29N3O2.C25H26BrN3O2/c1-17-7-12-26(27-15-17)31-23-6-4-5-22(14-23)18(2)21-10-8-20(9-11-21)13-25(30)24-16-28-29-19(24)3;1-16-6-11-24(27-14-16)31-21-5-3-4-20(13-21)25(26)19-9-7-18(8-10-19)12-23(30)22-15-28-29-17(22)2/h4-7,12,14-16,20H,8-11,13H2,1-3H3,(H,28,29);3-6,11,13-15,18H,7-10,12H2,1-2H3,(H,28,29). The minimum atomic E-state index is 0.192. The third kappa shape index (κ3) is 11.7. The number of carbonyl (C=O) groups is 2. The van der Waals surface area contributed by atoms with Gasteiger partial charge in [0.25, 0.3) is 0 Å². The molecule has 0 unspecified atom stereocenters. The first-order valence-electron chi connectivity index (χ1n) is 21.5. The van der Waals surface area contributed by atoms with Crippen LogP contribution in [0.4, 0.5) is 0 Å². The van der Waals surface area contributed by atoms with Crippen LogP contribution < -0.4 is 9.47 Å². The summed E-state index contributed by atoms with van der Waals surface area (Å²) in [5.41, 5.74) is 11.9. The quantitative estimate of drug-likeness (QED) is 0.116. The number of halogens is 1. The van der Waals surface area contributed by atoms with Crippen LogP contribution in [0.25, 0.3) is 10.1 Å². The van der Waals surface area contributed by atoms with E-state index in [0.29, 0.717) is 36.4 Å². The van der Waals surface area contributed by atoms with Crippen LogP contribution in [0, 0.1) is 39.5 Å². The van der Waals surface area contributed by atoms with Crippen molar-refractivity contribution in [1.29, 1.82) is 0 Å². The number of carbonyl (C=O) groups excluding carboxylic acids is 2. The van der Waals surface area contributed by atoms with E-state index in [1.165, 1.54) is 22.3 Å². The second kappa shape index (κ2) is 20.8. The zero-order chi connectivity index (χ0) is 43.6. The Kier molecular flexibility index (Phi) is 14.8. The topological polar surface area (TPSA) is 136 Å². The van der Waals surface area contributed by atoms with Gasteiger partial charge in [0.1, 0.15) is 11.5 Å².